The molecule has 0 aliphatic carbocycles. The zero-order valence-corrected chi connectivity index (χ0v) is 15.8. The van der Waals surface area contributed by atoms with Crippen molar-refractivity contribution in [1.29, 1.82) is 0 Å². The highest BCUT2D eigenvalue weighted by Crippen LogP contribution is 2.34. The highest BCUT2D eigenvalue weighted by atomic mass is 16.6. The van der Waals surface area contributed by atoms with Gasteiger partial charge in [0.1, 0.15) is 0 Å². The number of nitrogens with zero attached hydrogens (tertiary/aromatic N) is 1. The molecule has 5 heteroatoms. The molecule has 1 aromatic carbocycles. The van der Waals surface area contributed by atoms with Gasteiger partial charge in [-0.1, -0.05) is 42.5 Å². The molecule has 0 N–H and O–H groups in total. The second kappa shape index (κ2) is 8.94. The van der Waals surface area contributed by atoms with Crippen LogP contribution in [0.4, 0.5) is 0 Å². The second-order valence-electron chi connectivity index (χ2n) is 5.93. The number of hydrogen-bond donors (Lipinski definition) is 0. The summed E-state index contributed by atoms with van der Waals surface area (Å²) in [7, 11) is 0. The molecule has 0 bridgehead atoms. The fraction of sp³-hybridized carbons (Fsp3) is 0.227. The van der Waals surface area contributed by atoms with E-state index in [0.29, 0.717) is 18.0 Å². The van der Waals surface area contributed by atoms with Crippen LogP contribution in [-0.4, -0.2) is 23.5 Å². The van der Waals surface area contributed by atoms with Crippen LogP contribution < -0.4 is 0 Å². The number of carbonyl (C=O) groups excluding carboxylic acids is 2. The number of carbonyl (C=O) groups is 2. The Hall–Kier alpha value is -3.21. The van der Waals surface area contributed by atoms with E-state index in [1.807, 2.05) is 31.2 Å². The molecule has 0 spiro atoms. The first-order valence-electron chi connectivity index (χ1n) is 8.64. The summed E-state index contributed by atoms with van der Waals surface area (Å²) < 4.78 is 10.6. The molecule has 5 nitrogen and oxygen atoms in total. The number of benzene rings is 1. The van der Waals surface area contributed by atoms with Crippen LogP contribution in [0.3, 0.4) is 0 Å². The summed E-state index contributed by atoms with van der Waals surface area (Å²) in [4.78, 5) is 27.9. The molecule has 0 saturated heterocycles. The van der Waals surface area contributed by atoms with Gasteiger partial charge in [-0.15, -0.1) is 0 Å². The van der Waals surface area contributed by atoms with Crippen LogP contribution in [0.15, 0.2) is 61.2 Å². The summed E-state index contributed by atoms with van der Waals surface area (Å²) in [5.74, 6) is -0.900. The molecule has 0 radical (unpaired) electrons. The predicted molar refractivity (Wildman–Crippen MR) is 104 cm³/mol. The number of ether oxygens (including phenoxy) is 2. The highest BCUT2D eigenvalue weighted by molar-refractivity contribution is 5.86. The van der Waals surface area contributed by atoms with Crippen molar-refractivity contribution >= 4 is 18.0 Å². The number of pyridine rings is 1. The third kappa shape index (κ3) is 4.91. The van der Waals surface area contributed by atoms with Crippen LogP contribution in [0.5, 0.6) is 0 Å². The van der Waals surface area contributed by atoms with E-state index in [1.165, 1.54) is 13.0 Å². The van der Waals surface area contributed by atoms with E-state index in [4.69, 9.17) is 9.47 Å². The normalized spacial score (nSPS) is 13.0. The van der Waals surface area contributed by atoms with E-state index in [0.717, 1.165) is 11.1 Å². The molecule has 0 aliphatic rings. The van der Waals surface area contributed by atoms with Crippen molar-refractivity contribution in [3.05, 3.63) is 83.7 Å². The number of aryl methyl sites for hydroxylation is 1. The Balaban J connectivity index is 2.51. The number of aromatic nitrogens is 1. The molecule has 0 saturated carbocycles. The van der Waals surface area contributed by atoms with Gasteiger partial charge in [-0.25, -0.2) is 9.78 Å². The lowest BCUT2D eigenvalue weighted by Gasteiger charge is -2.30. The predicted octanol–water partition coefficient (Wildman–Crippen LogP) is 3.96. The zero-order chi connectivity index (χ0) is 19.9. The third-order valence-electron chi connectivity index (χ3n) is 3.90. The maximum absolute atomic E-state index is 11.8. The molecule has 2 rings (SSSR count). The van der Waals surface area contributed by atoms with Gasteiger partial charge in [0, 0.05) is 18.6 Å². The first kappa shape index (κ1) is 20.1. The summed E-state index contributed by atoms with van der Waals surface area (Å²) in [5, 5.41) is 0. The maximum atomic E-state index is 11.8. The van der Waals surface area contributed by atoms with Crippen molar-refractivity contribution in [3.8, 4) is 0 Å². The van der Waals surface area contributed by atoms with Gasteiger partial charge in [0.25, 0.3) is 0 Å². The molecule has 140 valence electrons. The maximum Gasteiger partial charge on any atom is 0.330 e. The second-order valence-corrected chi connectivity index (χ2v) is 5.93. The summed E-state index contributed by atoms with van der Waals surface area (Å²) in [6.07, 6.45) is 4.42. The highest BCUT2D eigenvalue weighted by Gasteiger charge is 2.36. The fourth-order valence-electron chi connectivity index (χ4n) is 2.65. The van der Waals surface area contributed by atoms with E-state index >= 15 is 0 Å². The van der Waals surface area contributed by atoms with Crippen molar-refractivity contribution in [2.24, 2.45) is 0 Å². The Bertz CT molecular complexity index is 855. The van der Waals surface area contributed by atoms with Gasteiger partial charge in [0.2, 0.25) is 0 Å². The van der Waals surface area contributed by atoms with Crippen LogP contribution in [0.2, 0.25) is 0 Å². The number of hydrogen-bond acceptors (Lipinski definition) is 5. The van der Waals surface area contributed by atoms with Gasteiger partial charge >= 0.3 is 11.9 Å². The van der Waals surface area contributed by atoms with Crippen molar-refractivity contribution in [2.75, 3.05) is 6.61 Å². The van der Waals surface area contributed by atoms with Crippen LogP contribution in [0.1, 0.15) is 36.4 Å². The van der Waals surface area contributed by atoms with Crippen LogP contribution in [0, 0.1) is 6.92 Å². The van der Waals surface area contributed by atoms with E-state index < -0.39 is 17.5 Å². The van der Waals surface area contributed by atoms with Crippen LogP contribution >= 0.6 is 0 Å². The van der Waals surface area contributed by atoms with Gasteiger partial charge in [-0.2, -0.15) is 0 Å². The first-order valence-corrected chi connectivity index (χ1v) is 8.64. The van der Waals surface area contributed by atoms with Gasteiger partial charge in [0.15, 0.2) is 5.60 Å². The Morgan fingerprint density at radius 1 is 1.19 bits per heavy atom. The first-order chi connectivity index (χ1) is 12.9. The van der Waals surface area contributed by atoms with Crippen molar-refractivity contribution < 1.29 is 19.1 Å². The van der Waals surface area contributed by atoms with Crippen molar-refractivity contribution in [1.82, 2.24) is 4.98 Å². The summed E-state index contributed by atoms with van der Waals surface area (Å²) in [5.41, 5.74) is 1.61. The average molecular weight is 365 g/mol. The standard InChI is InChI=1S/C22H23NO4/c1-5-22(27-17(4)24,18-12-10-16(3)11-13-18)20-9-7-8-19(23-20)14-15-21(25)26-6-2/h5,7-15H,1,6H2,2-4H3/b15-14+. The van der Waals surface area contributed by atoms with Crippen molar-refractivity contribution in [3.63, 3.8) is 0 Å². The topological polar surface area (TPSA) is 65.5 Å². The van der Waals surface area contributed by atoms with Gasteiger partial charge in [-0.05, 0) is 38.1 Å². The molecule has 0 amide bonds. The quantitative estimate of drug-likeness (QED) is 0.422. The zero-order valence-electron chi connectivity index (χ0n) is 15.8. The molecule has 0 fully saturated rings. The van der Waals surface area contributed by atoms with E-state index in [-0.39, 0.29) is 0 Å². The molecular formula is C22H23NO4. The molecule has 0 aliphatic heterocycles. The molecule has 2 aromatic rings. The molecule has 1 heterocycles. The lowest BCUT2D eigenvalue weighted by molar-refractivity contribution is -0.150. The largest absolute Gasteiger partial charge is 0.463 e. The minimum atomic E-state index is -1.23. The number of esters is 2. The molecule has 1 atom stereocenters. The van der Waals surface area contributed by atoms with Gasteiger partial charge in [0.05, 0.1) is 18.0 Å². The lowest BCUT2D eigenvalue weighted by atomic mass is 9.89. The van der Waals surface area contributed by atoms with E-state index in [9.17, 15) is 9.59 Å². The average Bonchev–Trinajstić information content (AvgIpc) is 2.65. The lowest BCUT2D eigenvalue weighted by Crippen LogP contribution is -2.32. The molecular weight excluding hydrogens is 342 g/mol. The van der Waals surface area contributed by atoms with E-state index in [2.05, 4.69) is 11.6 Å². The van der Waals surface area contributed by atoms with Crippen molar-refractivity contribution in [2.45, 2.75) is 26.4 Å². The van der Waals surface area contributed by atoms with Gasteiger partial charge in [-0.3, -0.25) is 4.79 Å². The van der Waals surface area contributed by atoms with Gasteiger partial charge < -0.3 is 9.47 Å². The summed E-state index contributed by atoms with van der Waals surface area (Å²) in [6.45, 7) is 9.24. The molecule has 27 heavy (non-hydrogen) atoms. The Morgan fingerprint density at radius 3 is 2.48 bits per heavy atom. The van der Waals surface area contributed by atoms with Crippen LogP contribution in [-0.2, 0) is 24.7 Å². The summed E-state index contributed by atoms with van der Waals surface area (Å²) >= 11 is 0. The molecule has 1 unspecified atom stereocenters. The smallest absolute Gasteiger partial charge is 0.330 e. The minimum Gasteiger partial charge on any atom is -0.463 e. The Labute approximate surface area is 159 Å². The SMILES string of the molecule is C=CC(OC(C)=O)(c1ccc(C)cc1)c1cccc(/C=C/C(=O)OCC)n1. The fourth-order valence-corrected chi connectivity index (χ4v) is 2.65. The minimum absolute atomic E-state index is 0.302. The monoisotopic (exact) mass is 365 g/mol. The summed E-state index contributed by atoms with van der Waals surface area (Å²) in [6, 6.07) is 12.9. The third-order valence-corrected chi connectivity index (χ3v) is 3.90. The number of rotatable bonds is 7. The van der Waals surface area contributed by atoms with E-state index in [1.54, 1.807) is 37.3 Å². The van der Waals surface area contributed by atoms with Crippen LogP contribution in [0.25, 0.3) is 6.08 Å². The Kier molecular flexibility index (Phi) is 6.66. The molecule has 1 aromatic heterocycles. The Morgan fingerprint density at radius 2 is 1.89 bits per heavy atom.